The molecule has 4 heterocycles. The number of hydrogen-bond acceptors (Lipinski definition) is 7. The fraction of sp³-hybridized carbons (Fsp3) is 0.455. The Morgan fingerprint density at radius 2 is 2.13 bits per heavy atom. The number of nitrogens with zero attached hydrogens (tertiary/aromatic N) is 2. The van der Waals surface area contributed by atoms with Crippen LogP contribution in [0.25, 0.3) is 11.1 Å². The predicted octanol–water partition coefficient (Wildman–Crippen LogP) is 3.29. The topological polar surface area (TPSA) is 88.2 Å². The number of fused-ring (bicyclic) bond motifs is 4. The minimum absolute atomic E-state index is 0.00874. The lowest BCUT2D eigenvalue weighted by atomic mass is 9.77. The number of rotatable bonds is 4. The van der Waals surface area contributed by atoms with Gasteiger partial charge in [0, 0.05) is 30.1 Å². The number of hydrogen-bond donors (Lipinski definition) is 1. The molecule has 5 rings (SSSR count). The molecule has 7 nitrogen and oxygen atoms in total. The van der Waals surface area contributed by atoms with Crippen LogP contribution in [0.15, 0.2) is 41.7 Å². The Morgan fingerprint density at radius 1 is 1.23 bits per heavy atom. The van der Waals surface area contributed by atoms with Crippen molar-refractivity contribution in [2.24, 2.45) is 10.7 Å². The molecule has 3 aliphatic heterocycles. The highest BCUT2D eigenvalue weighted by Crippen LogP contribution is 2.49. The number of pyridine rings is 1. The summed E-state index contributed by atoms with van der Waals surface area (Å²) in [5, 5.41) is 0.581. The summed E-state index contributed by atoms with van der Waals surface area (Å²) in [5.74, 6) is 0.781. The maximum atomic E-state index is 6.47. The van der Waals surface area contributed by atoms with Crippen molar-refractivity contribution < 1.29 is 18.9 Å². The van der Waals surface area contributed by atoms with Gasteiger partial charge in [0.1, 0.15) is 24.6 Å². The van der Waals surface area contributed by atoms with Crippen LogP contribution in [-0.4, -0.2) is 49.1 Å². The second kappa shape index (κ2) is 7.72. The molecule has 4 atom stereocenters. The number of aliphatic imine (C=N–C) groups is 1. The first-order valence-electron chi connectivity index (χ1n) is 10.2. The third-order valence-corrected chi connectivity index (χ3v) is 6.15. The zero-order valence-corrected chi connectivity index (χ0v) is 17.5. The summed E-state index contributed by atoms with van der Waals surface area (Å²) in [6.07, 6.45) is 4.70. The lowest BCUT2D eigenvalue weighted by Crippen LogP contribution is -2.57. The van der Waals surface area contributed by atoms with E-state index in [0.29, 0.717) is 24.8 Å². The van der Waals surface area contributed by atoms with E-state index < -0.39 is 5.54 Å². The number of amidine groups is 1. The normalized spacial score (nSPS) is 29.5. The van der Waals surface area contributed by atoms with Crippen LogP contribution in [0.2, 0.25) is 5.02 Å². The molecule has 1 spiro atoms. The van der Waals surface area contributed by atoms with Crippen molar-refractivity contribution in [3.8, 4) is 16.9 Å². The molecule has 2 aromatic rings. The van der Waals surface area contributed by atoms with Crippen LogP contribution in [0.4, 0.5) is 0 Å². The Labute approximate surface area is 180 Å². The molecule has 3 aliphatic rings. The summed E-state index contributed by atoms with van der Waals surface area (Å²) < 4.78 is 24.1. The highest BCUT2D eigenvalue weighted by atomic mass is 35.5. The van der Waals surface area contributed by atoms with Crippen LogP contribution in [-0.2, 0) is 19.7 Å². The second-order valence-electron chi connectivity index (χ2n) is 7.84. The molecule has 0 radical (unpaired) electrons. The maximum Gasteiger partial charge on any atom is 0.283 e. The summed E-state index contributed by atoms with van der Waals surface area (Å²) in [5.41, 5.74) is 8.01. The third kappa shape index (κ3) is 3.31. The van der Waals surface area contributed by atoms with Gasteiger partial charge in [0.15, 0.2) is 5.54 Å². The van der Waals surface area contributed by atoms with E-state index in [1.54, 1.807) is 12.4 Å². The molecule has 1 saturated heterocycles. The minimum atomic E-state index is -0.755. The van der Waals surface area contributed by atoms with Gasteiger partial charge in [-0.25, -0.2) is 4.99 Å². The molecule has 4 unspecified atom stereocenters. The van der Waals surface area contributed by atoms with Crippen LogP contribution in [0.5, 0.6) is 5.75 Å². The summed E-state index contributed by atoms with van der Waals surface area (Å²) in [6, 6.07) is 8.09. The number of nitrogens with two attached hydrogens (primary N) is 1. The molecule has 1 fully saturated rings. The van der Waals surface area contributed by atoms with Crippen molar-refractivity contribution in [3.05, 3.63) is 47.2 Å². The standard InChI is InChI=1S/C22H24ClN3O4/c1-2-27-11-16-4-6-19-20(29-16)22(12-28-21(24)26-22)17-8-13(3-5-18(17)30-19)14-7-15(23)10-25-9-14/h3,5,7-10,16,19-20H,2,4,6,11-12H2,1H3,(H2,24,26). The Morgan fingerprint density at radius 3 is 2.90 bits per heavy atom. The highest BCUT2D eigenvalue weighted by molar-refractivity contribution is 6.30. The van der Waals surface area contributed by atoms with Gasteiger partial charge in [0.05, 0.1) is 17.7 Å². The molecule has 0 aliphatic carbocycles. The quantitative estimate of drug-likeness (QED) is 0.802. The van der Waals surface area contributed by atoms with Gasteiger partial charge in [-0.15, -0.1) is 0 Å². The summed E-state index contributed by atoms with van der Waals surface area (Å²) in [4.78, 5) is 8.96. The van der Waals surface area contributed by atoms with E-state index in [0.717, 1.165) is 35.3 Å². The second-order valence-corrected chi connectivity index (χ2v) is 8.27. The van der Waals surface area contributed by atoms with Crippen molar-refractivity contribution in [1.82, 2.24) is 4.98 Å². The highest BCUT2D eigenvalue weighted by Gasteiger charge is 2.56. The smallest absolute Gasteiger partial charge is 0.283 e. The van der Waals surface area contributed by atoms with Crippen LogP contribution in [0, 0.1) is 0 Å². The number of ether oxygens (including phenoxy) is 4. The largest absolute Gasteiger partial charge is 0.487 e. The van der Waals surface area contributed by atoms with E-state index in [-0.39, 0.29) is 24.3 Å². The third-order valence-electron chi connectivity index (χ3n) is 5.94. The first kappa shape index (κ1) is 19.6. The first-order chi connectivity index (χ1) is 14.6. The average molecular weight is 430 g/mol. The van der Waals surface area contributed by atoms with E-state index in [9.17, 15) is 0 Å². The van der Waals surface area contributed by atoms with Crippen molar-refractivity contribution >= 4 is 17.6 Å². The average Bonchev–Trinajstić information content (AvgIpc) is 3.15. The van der Waals surface area contributed by atoms with Crippen LogP contribution in [0.1, 0.15) is 25.3 Å². The summed E-state index contributed by atoms with van der Waals surface area (Å²) >= 11 is 6.15. The number of benzene rings is 1. The molecule has 2 N–H and O–H groups in total. The molecule has 0 saturated carbocycles. The zero-order chi connectivity index (χ0) is 20.7. The predicted molar refractivity (Wildman–Crippen MR) is 113 cm³/mol. The lowest BCUT2D eigenvalue weighted by molar-refractivity contribution is -0.167. The molecule has 158 valence electrons. The van der Waals surface area contributed by atoms with Crippen molar-refractivity contribution in [1.29, 1.82) is 0 Å². The molecular formula is C22H24ClN3O4. The monoisotopic (exact) mass is 429 g/mol. The van der Waals surface area contributed by atoms with Crippen LogP contribution >= 0.6 is 11.6 Å². The van der Waals surface area contributed by atoms with E-state index in [2.05, 4.69) is 11.1 Å². The van der Waals surface area contributed by atoms with E-state index in [1.165, 1.54) is 0 Å². The van der Waals surface area contributed by atoms with Gasteiger partial charge in [-0.2, -0.15) is 0 Å². The lowest BCUT2D eigenvalue weighted by Gasteiger charge is -2.47. The minimum Gasteiger partial charge on any atom is -0.487 e. The molecule has 1 aromatic heterocycles. The molecule has 30 heavy (non-hydrogen) atoms. The molecule has 1 aromatic carbocycles. The first-order valence-corrected chi connectivity index (χ1v) is 10.6. The Hall–Kier alpha value is -2.35. The van der Waals surface area contributed by atoms with Gasteiger partial charge in [-0.1, -0.05) is 17.7 Å². The van der Waals surface area contributed by atoms with Gasteiger partial charge in [0.2, 0.25) is 0 Å². The van der Waals surface area contributed by atoms with Gasteiger partial charge in [-0.05, 0) is 43.5 Å². The zero-order valence-electron chi connectivity index (χ0n) is 16.7. The van der Waals surface area contributed by atoms with Crippen LogP contribution in [0.3, 0.4) is 0 Å². The molecule has 8 heteroatoms. The van der Waals surface area contributed by atoms with Gasteiger partial charge in [0.25, 0.3) is 6.02 Å². The van der Waals surface area contributed by atoms with Gasteiger partial charge < -0.3 is 24.7 Å². The van der Waals surface area contributed by atoms with Crippen molar-refractivity contribution in [2.45, 2.75) is 43.6 Å². The fourth-order valence-corrected chi connectivity index (χ4v) is 4.72. The van der Waals surface area contributed by atoms with E-state index >= 15 is 0 Å². The van der Waals surface area contributed by atoms with Crippen LogP contribution < -0.4 is 10.5 Å². The maximum absolute atomic E-state index is 6.47. The SMILES string of the molecule is CCOCC1CCC2Oc3ccc(-c4cncc(Cl)c4)cc3C3(COC(N)=N3)C2O1. The van der Waals surface area contributed by atoms with E-state index in [1.807, 2.05) is 25.1 Å². The summed E-state index contributed by atoms with van der Waals surface area (Å²) in [7, 11) is 0. The Bertz CT molecular complexity index is 985. The van der Waals surface area contributed by atoms with Crippen molar-refractivity contribution in [2.75, 3.05) is 19.8 Å². The molecular weight excluding hydrogens is 406 g/mol. The van der Waals surface area contributed by atoms with Gasteiger partial charge in [-0.3, -0.25) is 4.98 Å². The number of aromatic nitrogens is 1. The number of halogens is 1. The fourth-order valence-electron chi connectivity index (χ4n) is 4.54. The Balaban J connectivity index is 1.57. The van der Waals surface area contributed by atoms with E-state index in [4.69, 9.17) is 41.3 Å². The molecule has 0 bridgehead atoms. The van der Waals surface area contributed by atoms with Gasteiger partial charge >= 0.3 is 0 Å². The summed E-state index contributed by atoms with van der Waals surface area (Å²) in [6.45, 7) is 3.50. The van der Waals surface area contributed by atoms with Crippen molar-refractivity contribution in [3.63, 3.8) is 0 Å². The molecule has 0 amide bonds. The Kier molecular flexibility index (Phi) is 5.05.